The Bertz CT molecular complexity index is 434. The topological polar surface area (TPSA) is 29.5 Å². The first kappa shape index (κ1) is 14.1. The van der Waals surface area contributed by atoms with E-state index in [0.29, 0.717) is 5.56 Å². The molecule has 1 aromatic carbocycles. The number of ether oxygens (including phenoxy) is 1. The summed E-state index contributed by atoms with van der Waals surface area (Å²) in [6.45, 7) is 7.66. The summed E-state index contributed by atoms with van der Waals surface area (Å²) in [6.07, 6.45) is 1.30. The second kappa shape index (κ2) is 6.20. The lowest BCUT2D eigenvalue weighted by atomic mass is 9.91. The lowest BCUT2D eigenvalue weighted by molar-refractivity contribution is 0.0597. The summed E-state index contributed by atoms with van der Waals surface area (Å²) in [7, 11) is 1.43. The van der Waals surface area contributed by atoms with E-state index < -0.39 is 0 Å². The minimum atomic E-state index is -0.242. The average molecular weight is 261 g/mol. The molecule has 0 N–H and O–H groups in total. The molecule has 0 spiro atoms. The number of likely N-dealkylation sites (tertiary alicyclic amines) is 1. The Labute approximate surface area is 115 Å². The molecule has 0 amide bonds. The number of esters is 1. The summed E-state index contributed by atoms with van der Waals surface area (Å²) >= 11 is 0. The largest absolute Gasteiger partial charge is 0.465 e. The van der Waals surface area contributed by atoms with Gasteiger partial charge in [0.05, 0.1) is 12.7 Å². The normalized spacial score (nSPS) is 24.2. The van der Waals surface area contributed by atoms with Crippen LogP contribution in [-0.4, -0.2) is 31.1 Å². The summed E-state index contributed by atoms with van der Waals surface area (Å²) in [4.78, 5) is 14.2. The number of carbonyl (C=O) groups is 1. The standard InChI is InChI=1S/C16H23NO2/c1-12-8-13(2)10-17(9-12)11-14-6-4-5-7-15(14)16(18)19-3/h4-7,12-13H,8-11H2,1-3H3. The van der Waals surface area contributed by atoms with Crippen LogP contribution in [0, 0.1) is 11.8 Å². The van der Waals surface area contributed by atoms with Gasteiger partial charge in [0.25, 0.3) is 0 Å². The summed E-state index contributed by atoms with van der Waals surface area (Å²) in [5.74, 6) is 1.22. The highest BCUT2D eigenvalue weighted by atomic mass is 16.5. The number of benzene rings is 1. The minimum Gasteiger partial charge on any atom is -0.465 e. The minimum absolute atomic E-state index is 0.242. The maximum Gasteiger partial charge on any atom is 0.338 e. The Morgan fingerprint density at radius 3 is 2.53 bits per heavy atom. The molecule has 2 unspecified atom stereocenters. The zero-order valence-corrected chi connectivity index (χ0v) is 12.1. The third kappa shape index (κ3) is 3.57. The van der Waals surface area contributed by atoms with E-state index in [9.17, 15) is 4.79 Å². The predicted octanol–water partition coefficient (Wildman–Crippen LogP) is 2.95. The van der Waals surface area contributed by atoms with Crippen molar-refractivity contribution in [3.05, 3.63) is 35.4 Å². The zero-order chi connectivity index (χ0) is 13.8. The van der Waals surface area contributed by atoms with Crippen molar-refractivity contribution in [3.63, 3.8) is 0 Å². The Morgan fingerprint density at radius 2 is 1.89 bits per heavy atom. The van der Waals surface area contributed by atoms with Crippen LogP contribution >= 0.6 is 0 Å². The highest BCUT2D eigenvalue weighted by Gasteiger charge is 2.23. The molecule has 1 aliphatic heterocycles. The van der Waals surface area contributed by atoms with Crippen LogP contribution in [0.3, 0.4) is 0 Å². The molecule has 1 heterocycles. The van der Waals surface area contributed by atoms with Gasteiger partial charge in [0.15, 0.2) is 0 Å². The molecule has 3 nitrogen and oxygen atoms in total. The number of methoxy groups -OCH3 is 1. The first-order chi connectivity index (χ1) is 9.10. The molecule has 1 saturated heterocycles. The van der Waals surface area contributed by atoms with E-state index in [4.69, 9.17) is 4.74 Å². The molecule has 0 saturated carbocycles. The van der Waals surface area contributed by atoms with Gasteiger partial charge >= 0.3 is 5.97 Å². The van der Waals surface area contributed by atoms with E-state index in [0.717, 1.165) is 37.0 Å². The van der Waals surface area contributed by atoms with Gasteiger partial charge in [-0.05, 0) is 29.9 Å². The molecule has 0 aliphatic carbocycles. The van der Waals surface area contributed by atoms with Gasteiger partial charge < -0.3 is 4.74 Å². The van der Waals surface area contributed by atoms with Crippen molar-refractivity contribution in [3.8, 4) is 0 Å². The van der Waals surface area contributed by atoms with Gasteiger partial charge in [-0.1, -0.05) is 32.0 Å². The number of hydrogen-bond acceptors (Lipinski definition) is 3. The first-order valence-electron chi connectivity index (χ1n) is 6.98. The van der Waals surface area contributed by atoms with Crippen molar-refractivity contribution in [2.45, 2.75) is 26.8 Å². The van der Waals surface area contributed by atoms with E-state index in [1.165, 1.54) is 13.5 Å². The molecule has 0 bridgehead atoms. The number of piperidine rings is 1. The fraction of sp³-hybridized carbons (Fsp3) is 0.562. The molecule has 104 valence electrons. The maximum absolute atomic E-state index is 11.8. The predicted molar refractivity (Wildman–Crippen MR) is 76.0 cm³/mol. The Morgan fingerprint density at radius 1 is 1.26 bits per heavy atom. The van der Waals surface area contributed by atoms with Crippen molar-refractivity contribution >= 4 is 5.97 Å². The Kier molecular flexibility index (Phi) is 4.59. The van der Waals surface area contributed by atoms with Crippen molar-refractivity contribution in [1.29, 1.82) is 0 Å². The van der Waals surface area contributed by atoms with Crippen LogP contribution in [0.4, 0.5) is 0 Å². The van der Waals surface area contributed by atoms with E-state index in [2.05, 4.69) is 18.7 Å². The van der Waals surface area contributed by atoms with Crippen LogP contribution in [0.2, 0.25) is 0 Å². The molecule has 1 fully saturated rings. The first-order valence-corrected chi connectivity index (χ1v) is 6.98. The molecule has 0 aromatic heterocycles. The highest BCUT2D eigenvalue weighted by molar-refractivity contribution is 5.90. The lowest BCUT2D eigenvalue weighted by Gasteiger charge is -2.35. The van der Waals surface area contributed by atoms with Crippen molar-refractivity contribution < 1.29 is 9.53 Å². The number of rotatable bonds is 3. The van der Waals surface area contributed by atoms with Crippen LogP contribution in [0.5, 0.6) is 0 Å². The van der Waals surface area contributed by atoms with Gasteiger partial charge in [-0.3, -0.25) is 4.90 Å². The Hall–Kier alpha value is -1.35. The van der Waals surface area contributed by atoms with Crippen LogP contribution in [0.15, 0.2) is 24.3 Å². The maximum atomic E-state index is 11.8. The number of nitrogens with zero attached hydrogens (tertiary/aromatic N) is 1. The number of hydrogen-bond donors (Lipinski definition) is 0. The zero-order valence-electron chi connectivity index (χ0n) is 12.1. The summed E-state index contributed by atoms with van der Waals surface area (Å²) < 4.78 is 4.85. The van der Waals surface area contributed by atoms with Gasteiger partial charge in [0, 0.05) is 19.6 Å². The Balaban J connectivity index is 2.12. The molecule has 2 rings (SSSR count). The second-order valence-corrected chi connectivity index (χ2v) is 5.79. The third-order valence-electron chi connectivity index (χ3n) is 3.76. The third-order valence-corrected chi connectivity index (χ3v) is 3.76. The average Bonchev–Trinajstić information content (AvgIpc) is 2.37. The SMILES string of the molecule is COC(=O)c1ccccc1CN1CC(C)CC(C)C1. The van der Waals surface area contributed by atoms with Crippen LogP contribution in [-0.2, 0) is 11.3 Å². The highest BCUT2D eigenvalue weighted by Crippen LogP contribution is 2.23. The van der Waals surface area contributed by atoms with Gasteiger partial charge in [-0.2, -0.15) is 0 Å². The van der Waals surface area contributed by atoms with E-state index in [1.807, 2.05) is 24.3 Å². The van der Waals surface area contributed by atoms with E-state index in [-0.39, 0.29) is 5.97 Å². The summed E-state index contributed by atoms with van der Waals surface area (Å²) in [5, 5.41) is 0. The van der Waals surface area contributed by atoms with Crippen molar-refractivity contribution in [2.75, 3.05) is 20.2 Å². The van der Waals surface area contributed by atoms with Gasteiger partial charge in [0.2, 0.25) is 0 Å². The molecule has 3 heteroatoms. The lowest BCUT2D eigenvalue weighted by Crippen LogP contribution is -2.38. The van der Waals surface area contributed by atoms with E-state index >= 15 is 0 Å². The molecular weight excluding hydrogens is 238 g/mol. The fourth-order valence-electron chi connectivity index (χ4n) is 3.13. The van der Waals surface area contributed by atoms with Gasteiger partial charge in [0.1, 0.15) is 0 Å². The molecule has 0 radical (unpaired) electrons. The van der Waals surface area contributed by atoms with Crippen LogP contribution in [0.25, 0.3) is 0 Å². The van der Waals surface area contributed by atoms with Gasteiger partial charge in [-0.15, -0.1) is 0 Å². The summed E-state index contributed by atoms with van der Waals surface area (Å²) in [6, 6.07) is 7.74. The summed E-state index contributed by atoms with van der Waals surface area (Å²) in [5.41, 5.74) is 1.76. The van der Waals surface area contributed by atoms with Crippen LogP contribution < -0.4 is 0 Å². The number of carbonyl (C=O) groups excluding carboxylic acids is 1. The smallest absolute Gasteiger partial charge is 0.338 e. The molecule has 2 atom stereocenters. The molecular formula is C16H23NO2. The van der Waals surface area contributed by atoms with Crippen molar-refractivity contribution in [2.24, 2.45) is 11.8 Å². The van der Waals surface area contributed by atoms with E-state index in [1.54, 1.807) is 0 Å². The monoisotopic (exact) mass is 261 g/mol. The molecule has 1 aliphatic rings. The molecule has 19 heavy (non-hydrogen) atoms. The fourth-order valence-corrected chi connectivity index (χ4v) is 3.13. The van der Waals surface area contributed by atoms with Crippen LogP contribution in [0.1, 0.15) is 36.2 Å². The quantitative estimate of drug-likeness (QED) is 0.783. The van der Waals surface area contributed by atoms with Gasteiger partial charge in [-0.25, -0.2) is 4.79 Å². The molecule has 1 aromatic rings. The second-order valence-electron chi connectivity index (χ2n) is 5.79. The van der Waals surface area contributed by atoms with Crippen molar-refractivity contribution in [1.82, 2.24) is 4.90 Å².